The minimum absolute atomic E-state index is 0. The van der Waals surface area contributed by atoms with E-state index in [-0.39, 0.29) is 19.5 Å². The minimum atomic E-state index is 0. The van der Waals surface area contributed by atoms with Crippen molar-refractivity contribution in [3.63, 3.8) is 0 Å². The second kappa shape index (κ2) is 17.7. The van der Waals surface area contributed by atoms with Crippen LogP contribution in [-0.2, 0) is 19.5 Å². The maximum absolute atomic E-state index is 2.23. The van der Waals surface area contributed by atoms with Gasteiger partial charge in [-0.2, -0.15) is 18.2 Å². The Hall–Kier alpha value is -0.677. The molecule has 0 atom stereocenters. The molecule has 0 unspecified atom stereocenters. The van der Waals surface area contributed by atoms with Crippen LogP contribution in [0.15, 0.2) is 60.7 Å². The van der Waals surface area contributed by atoms with Crippen molar-refractivity contribution in [2.24, 2.45) is 0 Å². The topological polar surface area (TPSA) is 0 Å². The van der Waals surface area contributed by atoms with E-state index >= 15 is 0 Å². The summed E-state index contributed by atoms with van der Waals surface area (Å²) in [5.74, 6) is 0. The fraction of sp³-hybridized carbons (Fsp3) is 0.375. The van der Waals surface area contributed by atoms with Crippen molar-refractivity contribution < 1.29 is 19.5 Å². The molecule has 1 heteroatoms. The first-order valence-corrected chi connectivity index (χ1v) is 6.25. The van der Waals surface area contributed by atoms with E-state index in [0.29, 0.717) is 0 Å². The second-order valence-electron chi connectivity index (χ2n) is 3.63. The zero-order valence-corrected chi connectivity index (χ0v) is 12.7. The van der Waals surface area contributed by atoms with Gasteiger partial charge in [-0.15, -0.1) is 0 Å². The zero-order chi connectivity index (χ0) is 11.9. The normalized spacial score (nSPS) is 7.88. The van der Waals surface area contributed by atoms with Crippen LogP contribution in [0.25, 0.3) is 0 Å². The molecule has 102 valence electrons. The SMILES string of the molecule is CCCCCC.[Ru].[cH-]1[cH-][cH-][cH-][cH-]1.c1cc[cH-]c1. The van der Waals surface area contributed by atoms with Gasteiger partial charge in [-0.3, -0.25) is 0 Å². The van der Waals surface area contributed by atoms with E-state index in [4.69, 9.17) is 0 Å². The van der Waals surface area contributed by atoms with Crippen LogP contribution in [0.4, 0.5) is 0 Å². The molecule has 0 heterocycles. The molecular weight excluding hydrogens is 293 g/mol. The predicted molar refractivity (Wildman–Crippen MR) is 73.9 cm³/mol. The van der Waals surface area contributed by atoms with Gasteiger partial charge in [-0.25, -0.2) is 12.1 Å². The van der Waals surface area contributed by atoms with E-state index in [1.165, 1.54) is 25.7 Å². The summed E-state index contributed by atoms with van der Waals surface area (Å²) < 4.78 is 0. The Balaban J connectivity index is 0. The average molecular weight is 317 g/mol. The van der Waals surface area contributed by atoms with Crippen molar-refractivity contribution in [3.8, 4) is 0 Å². The van der Waals surface area contributed by atoms with Gasteiger partial charge in [-0.1, -0.05) is 39.5 Å². The molecule has 0 radical (unpaired) electrons. The number of rotatable bonds is 3. The maximum atomic E-state index is 2.23. The third-order valence-electron chi connectivity index (χ3n) is 2.07. The third kappa shape index (κ3) is 17.9. The van der Waals surface area contributed by atoms with Crippen molar-refractivity contribution in [3.05, 3.63) is 60.7 Å². The standard InChI is InChI=1S/C6H14.2C5H5.Ru/c1-3-5-6-4-2;2*1-2-4-5-3-1;/h3-6H2,1-2H3;2*1-5H;/q;-5;-1;. The molecule has 0 amide bonds. The quantitative estimate of drug-likeness (QED) is 0.404. The van der Waals surface area contributed by atoms with Crippen LogP contribution in [0.2, 0.25) is 0 Å². The maximum Gasteiger partial charge on any atom is 0 e. The Morgan fingerprint density at radius 1 is 0.706 bits per heavy atom. The van der Waals surface area contributed by atoms with Gasteiger partial charge >= 0.3 is 0 Å². The van der Waals surface area contributed by atoms with Gasteiger partial charge in [0.15, 0.2) is 0 Å². The van der Waals surface area contributed by atoms with E-state index in [1.54, 1.807) is 0 Å². The van der Waals surface area contributed by atoms with Crippen LogP contribution in [-0.4, -0.2) is 0 Å². The molecule has 17 heavy (non-hydrogen) atoms. The van der Waals surface area contributed by atoms with Crippen LogP contribution in [0.1, 0.15) is 39.5 Å². The Kier molecular flexibility index (Phi) is 19.5. The van der Waals surface area contributed by atoms with Gasteiger partial charge in [0, 0.05) is 19.5 Å². The summed E-state index contributed by atoms with van der Waals surface area (Å²) in [7, 11) is 0. The third-order valence-corrected chi connectivity index (χ3v) is 2.07. The van der Waals surface area contributed by atoms with Crippen molar-refractivity contribution in [2.45, 2.75) is 39.5 Å². The van der Waals surface area contributed by atoms with E-state index in [1.807, 2.05) is 60.7 Å². The molecule has 0 saturated heterocycles. The molecule has 0 bridgehead atoms. The average Bonchev–Trinajstić information content (AvgIpc) is 3.00. The Morgan fingerprint density at radius 2 is 1.06 bits per heavy atom. The largest absolute Gasteiger partial charge is 0.748 e. The summed E-state index contributed by atoms with van der Waals surface area (Å²) >= 11 is 0. The second-order valence-corrected chi connectivity index (χ2v) is 3.63. The fourth-order valence-electron chi connectivity index (χ4n) is 1.14. The molecule has 0 N–H and O–H groups in total. The summed E-state index contributed by atoms with van der Waals surface area (Å²) in [6, 6.07) is 20.0. The summed E-state index contributed by atoms with van der Waals surface area (Å²) in [6.07, 6.45) is 5.54. The fourth-order valence-corrected chi connectivity index (χ4v) is 1.14. The summed E-state index contributed by atoms with van der Waals surface area (Å²) in [4.78, 5) is 0. The van der Waals surface area contributed by atoms with Crippen LogP contribution >= 0.6 is 0 Å². The Morgan fingerprint density at radius 3 is 1.24 bits per heavy atom. The molecule has 0 aliphatic carbocycles. The van der Waals surface area contributed by atoms with Crippen molar-refractivity contribution in [1.82, 2.24) is 0 Å². The zero-order valence-electron chi connectivity index (χ0n) is 11.0. The van der Waals surface area contributed by atoms with E-state index in [2.05, 4.69) is 13.8 Å². The first-order chi connectivity index (χ1) is 7.91. The van der Waals surface area contributed by atoms with E-state index in [9.17, 15) is 0 Å². The molecule has 2 rings (SSSR count). The summed E-state index contributed by atoms with van der Waals surface area (Å²) in [5, 5.41) is 0. The predicted octanol–water partition coefficient (Wildman–Crippen LogP) is 5.40. The van der Waals surface area contributed by atoms with Gasteiger partial charge in [0.1, 0.15) is 0 Å². The number of unbranched alkanes of at least 4 members (excludes halogenated alkanes) is 3. The van der Waals surface area contributed by atoms with E-state index in [0.717, 1.165) is 0 Å². The minimum Gasteiger partial charge on any atom is -0.748 e. The monoisotopic (exact) mass is 318 g/mol. The van der Waals surface area contributed by atoms with Gasteiger partial charge in [0.25, 0.3) is 0 Å². The van der Waals surface area contributed by atoms with Crippen molar-refractivity contribution in [1.29, 1.82) is 0 Å². The number of hydrogen-bond acceptors (Lipinski definition) is 0. The molecule has 2 aromatic rings. The van der Waals surface area contributed by atoms with Crippen LogP contribution in [0, 0.1) is 0 Å². The molecule has 2 aromatic carbocycles. The van der Waals surface area contributed by atoms with Crippen molar-refractivity contribution in [2.75, 3.05) is 0 Å². The van der Waals surface area contributed by atoms with Crippen LogP contribution < -0.4 is 0 Å². The molecule has 0 aromatic heterocycles. The molecular formula is C16H24Ru-6. The van der Waals surface area contributed by atoms with Crippen LogP contribution in [0.5, 0.6) is 0 Å². The molecule has 0 spiro atoms. The Bertz CT molecular complexity index is 191. The van der Waals surface area contributed by atoms with Gasteiger partial charge in [-0.05, 0) is 0 Å². The van der Waals surface area contributed by atoms with Gasteiger partial charge in [0.2, 0.25) is 0 Å². The first-order valence-electron chi connectivity index (χ1n) is 6.25. The first kappa shape index (κ1) is 18.7. The molecule has 0 aliphatic heterocycles. The van der Waals surface area contributed by atoms with Crippen molar-refractivity contribution >= 4 is 0 Å². The molecule has 0 nitrogen and oxygen atoms in total. The molecule has 0 aliphatic rings. The summed E-state index contributed by atoms with van der Waals surface area (Å²) in [6.45, 7) is 4.46. The Labute approximate surface area is 120 Å². The summed E-state index contributed by atoms with van der Waals surface area (Å²) in [5.41, 5.74) is 0. The number of hydrogen-bond donors (Lipinski definition) is 0. The van der Waals surface area contributed by atoms with E-state index < -0.39 is 0 Å². The van der Waals surface area contributed by atoms with Crippen LogP contribution in [0.3, 0.4) is 0 Å². The van der Waals surface area contributed by atoms with Gasteiger partial charge in [0.05, 0.1) is 0 Å². The molecule has 0 saturated carbocycles. The van der Waals surface area contributed by atoms with Gasteiger partial charge < -0.3 is 30.3 Å². The molecule has 0 fully saturated rings. The smallest absolute Gasteiger partial charge is 0 e.